The Morgan fingerprint density at radius 3 is 2.95 bits per heavy atom. The molecule has 1 aliphatic carbocycles. The molecular weight excluding hydrogens is 260 g/mol. The maximum Gasteiger partial charge on any atom is 0.339 e. The van der Waals surface area contributed by atoms with E-state index in [-0.39, 0.29) is 12.6 Å². The predicted molar refractivity (Wildman–Crippen MR) is 70.7 cm³/mol. The summed E-state index contributed by atoms with van der Waals surface area (Å²) in [5.41, 5.74) is 2.42. The Morgan fingerprint density at radius 1 is 1.45 bits per heavy atom. The third kappa shape index (κ3) is 2.38. The highest BCUT2D eigenvalue weighted by Gasteiger charge is 2.29. The van der Waals surface area contributed by atoms with E-state index >= 15 is 0 Å². The van der Waals surface area contributed by atoms with Crippen molar-refractivity contribution in [2.24, 2.45) is 0 Å². The normalized spacial score (nSPS) is 14.7. The summed E-state index contributed by atoms with van der Waals surface area (Å²) >= 11 is 0. The van der Waals surface area contributed by atoms with Crippen molar-refractivity contribution in [1.82, 2.24) is 10.1 Å². The smallest absolute Gasteiger partial charge is 0.339 e. The Hall–Kier alpha value is -1.95. The largest absolute Gasteiger partial charge is 0.460 e. The Bertz CT molecular complexity index is 646. The van der Waals surface area contributed by atoms with E-state index in [1.165, 1.54) is 0 Å². The number of carbonyl (C=O) groups excluding carboxylic acids is 1. The molecule has 2 aromatic rings. The van der Waals surface area contributed by atoms with Gasteiger partial charge >= 0.3 is 5.97 Å². The molecule has 1 aliphatic rings. The van der Waals surface area contributed by atoms with E-state index in [1.54, 1.807) is 20.1 Å². The summed E-state index contributed by atoms with van der Waals surface area (Å²) in [6.45, 7) is 2.39. The minimum atomic E-state index is -0.386. The minimum absolute atomic E-state index is 0.224. The molecule has 2 heterocycles. The maximum atomic E-state index is 12.2. The molecule has 0 radical (unpaired) electrons. The zero-order valence-electron chi connectivity index (χ0n) is 11.5. The number of aryl methyl sites for hydroxylation is 1. The molecule has 0 unspecified atom stereocenters. The van der Waals surface area contributed by atoms with Gasteiger partial charge in [0.05, 0.1) is 23.3 Å². The second-order valence-electron chi connectivity index (χ2n) is 4.95. The summed E-state index contributed by atoms with van der Waals surface area (Å²) in [6.07, 6.45) is 2.20. The first kappa shape index (κ1) is 13.1. The van der Waals surface area contributed by atoms with E-state index in [1.807, 2.05) is 0 Å². The molecule has 0 aliphatic heterocycles. The van der Waals surface area contributed by atoms with Crippen molar-refractivity contribution in [3.05, 3.63) is 23.0 Å². The highest BCUT2D eigenvalue weighted by Crippen LogP contribution is 2.40. The van der Waals surface area contributed by atoms with Gasteiger partial charge in [0.15, 0.2) is 0 Å². The molecule has 0 atom stereocenters. The Morgan fingerprint density at radius 2 is 2.25 bits per heavy atom. The van der Waals surface area contributed by atoms with Crippen LogP contribution in [0.3, 0.4) is 0 Å². The van der Waals surface area contributed by atoms with Gasteiger partial charge in [0.25, 0.3) is 5.71 Å². The number of carbonyl (C=O) groups is 1. The van der Waals surface area contributed by atoms with Crippen molar-refractivity contribution >= 4 is 17.1 Å². The van der Waals surface area contributed by atoms with Gasteiger partial charge in [0.2, 0.25) is 0 Å². The molecule has 2 aromatic heterocycles. The average Bonchev–Trinajstić information content (AvgIpc) is 3.23. The third-order valence-corrected chi connectivity index (χ3v) is 3.37. The molecule has 1 fully saturated rings. The van der Waals surface area contributed by atoms with E-state index in [2.05, 4.69) is 10.1 Å². The number of pyridine rings is 1. The first-order valence-corrected chi connectivity index (χ1v) is 6.63. The topological polar surface area (TPSA) is 74.5 Å². The van der Waals surface area contributed by atoms with Crippen LogP contribution >= 0.6 is 0 Å². The molecule has 106 valence electrons. The molecule has 0 aromatic carbocycles. The van der Waals surface area contributed by atoms with Gasteiger partial charge in [-0.3, -0.25) is 0 Å². The highest BCUT2D eigenvalue weighted by atomic mass is 16.6. The fraction of sp³-hybridized carbons (Fsp3) is 0.500. The summed E-state index contributed by atoms with van der Waals surface area (Å²) in [4.78, 5) is 16.6. The van der Waals surface area contributed by atoms with Gasteiger partial charge in [-0.05, 0) is 25.8 Å². The minimum Gasteiger partial charge on any atom is -0.460 e. The first-order chi connectivity index (χ1) is 9.70. The van der Waals surface area contributed by atoms with Crippen LogP contribution in [0.1, 0.15) is 40.5 Å². The zero-order valence-corrected chi connectivity index (χ0v) is 11.5. The zero-order chi connectivity index (χ0) is 14.1. The summed E-state index contributed by atoms with van der Waals surface area (Å²) in [5.74, 6) is 0.0398. The SMILES string of the molecule is COCCOC(=O)c1cc(C2CC2)nc2onc(C)c12. The standard InChI is InChI=1S/C14H16N2O4/c1-8-12-10(14(17)19-6-5-18-2)7-11(9-3-4-9)15-13(12)20-16-8/h7,9H,3-6H2,1-2H3. The number of aromatic nitrogens is 2. The molecule has 0 saturated heterocycles. The van der Waals surface area contributed by atoms with Crippen LogP contribution in [0, 0.1) is 6.92 Å². The second kappa shape index (κ2) is 5.20. The predicted octanol–water partition coefficient (Wildman–Crippen LogP) is 2.21. The average molecular weight is 276 g/mol. The van der Waals surface area contributed by atoms with E-state index in [0.29, 0.717) is 34.9 Å². The Kier molecular flexibility index (Phi) is 3.40. The van der Waals surface area contributed by atoms with E-state index in [4.69, 9.17) is 14.0 Å². The van der Waals surface area contributed by atoms with Crippen molar-refractivity contribution in [2.45, 2.75) is 25.7 Å². The molecular formula is C14H16N2O4. The van der Waals surface area contributed by atoms with Gasteiger partial charge in [0.1, 0.15) is 6.61 Å². The Labute approximate surface area is 116 Å². The van der Waals surface area contributed by atoms with Crippen LogP contribution in [0.5, 0.6) is 0 Å². The van der Waals surface area contributed by atoms with Crippen LogP contribution in [-0.2, 0) is 9.47 Å². The number of nitrogens with zero attached hydrogens (tertiary/aromatic N) is 2. The number of rotatable bonds is 5. The van der Waals surface area contributed by atoms with Crippen LogP contribution in [0.4, 0.5) is 0 Å². The number of hydrogen-bond donors (Lipinski definition) is 0. The van der Waals surface area contributed by atoms with Gasteiger partial charge in [-0.15, -0.1) is 0 Å². The van der Waals surface area contributed by atoms with E-state index in [0.717, 1.165) is 18.5 Å². The number of ether oxygens (including phenoxy) is 2. The van der Waals surface area contributed by atoms with Crippen molar-refractivity contribution in [2.75, 3.05) is 20.3 Å². The van der Waals surface area contributed by atoms with Crippen molar-refractivity contribution in [3.8, 4) is 0 Å². The molecule has 20 heavy (non-hydrogen) atoms. The van der Waals surface area contributed by atoms with Gasteiger partial charge in [-0.25, -0.2) is 9.78 Å². The molecule has 1 saturated carbocycles. The summed E-state index contributed by atoms with van der Waals surface area (Å²) in [5, 5.41) is 4.52. The number of hydrogen-bond acceptors (Lipinski definition) is 6. The second-order valence-corrected chi connectivity index (χ2v) is 4.95. The molecule has 0 bridgehead atoms. The lowest BCUT2D eigenvalue weighted by atomic mass is 10.1. The molecule has 6 heteroatoms. The van der Waals surface area contributed by atoms with E-state index < -0.39 is 0 Å². The number of esters is 1. The Balaban J connectivity index is 1.97. The molecule has 0 spiro atoms. The van der Waals surface area contributed by atoms with Gasteiger partial charge in [-0.2, -0.15) is 0 Å². The van der Waals surface area contributed by atoms with Crippen molar-refractivity contribution in [3.63, 3.8) is 0 Å². The van der Waals surface area contributed by atoms with Crippen LogP contribution in [0.25, 0.3) is 11.1 Å². The lowest BCUT2D eigenvalue weighted by molar-refractivity contribution is 0.0390. The third-order valence-electron chi connectivity index (χ3n) is 3.37. The van der Waals surface area contributed by atoms with Crippen molar-refractivity contribution in [1.29, 1.82) is 0 Å². The number of fused-ring (bicyclic) bond motifs is 1. The van der Waals surface area contributed by atoms with E-state index in [9.17, 15) is 4.79 Å². The van der Waals surface area contributed by atoms with Crippen LogP contribution in [0.2, 0.25) is 0 Å². The fourth-order valence-electron chi connectivity index (χ4n) is 2.16. The summed E-state index contributed by atoms with van der Waals surface area (Å²) in [7, 11) is 1.56. The highest BCUT2D eigenvalue weighted by molar-refractivity contribution is 6.03. The van der Waals surface area contributed by atoms with Crippen LogP contribution in [0.15, 0.2) is 10.6 Å². The monoisotopic (exact) mass is 276 g/mol. The molecule has 0 N–H and O–H groups in total. The van der Waals surface area contributed by atoms with Crippen molar-refractivity contribution < 1.29 is 18.8 Å². The molecule has 0 amide bonds. The number of methoxy groups -OCH3 is 1. The van der Waals surface area contributed by atoms with Crippen LogP contribution < -0.4 is 0 Å². The van der Waals surface area contributed by atoms with Crippen LogP contribution in [-0.4, -0.2) is 36.4 Å². The van der Waals surface area contributed by atoms with Gasteiger partial charge in [-0.1, -0.05) is 5.16 Å². The van der Waals surface area contributed by atoms with Gasteiger partial charge in [0, 0.05) is 18.7 Å². The summed E-state index contributed by atoms with van der Waals surface area (Å²) in [6, 6.07) is 1.80. The fourth-order valence-corrected chi connectivity index (χ4v) is 2.16. The van der Waals surface area contributed by atoms with Gasteiger partial charge < -0.3 is 14.0 Å². The maximum absolute atomic E-state index is 12.2. The first-order valence-electron chi connectivity index (χ1n) is 6.63. The lowest BCUT2D eigenvalue weighted by Gasteiger charge is -2.06. The molecule has 6 nitrogen and oxygen atoms in total. The molecule has 3 rings (SSSR count). The quantitative estimate of drug-likeness (QED) is 0.615. The lowest BCUT2D eigenvalue weighted by Crippen LogP contribution is -2.11. The summed E-state index contributed by atoms with van der Waals surface area (Å²) < 4.78 is 15.3.